The quantitative estimate of drug-likeness (QED) is 0.903. The molecule has 3 aliphatic rings. The van der Waals surface area contributed by atoms with Crippen LogP contribution in [0.15, 0.2) is 24.3 Å². The monoisotopic (exact) mass is 364 g/mol. The minimum atomic E-state index is -0.0285. The van der Waals surface area contributed by atoms with Crippen molar-refractivity contribution in [1.82, 2.24) is 20.4 Å². The van der Waals surface area contributed by atoms with Crippen LogP contribution in [0.1, 0.15) is 23.2 Å². The van der Waals surface area contributed by atoms with E-state index in [4.69, 9.17) is 16.3 Å². The lowest BCUT2D eigenvalue weighted by atomic mass is 9.84. The van der Waals surface area contributed by atoms with Crippen LogP contribution in [0.4, 0.5) is 0 Å². The SMILES string of the molecule is O=C(NC1CN2CCC1CC2)c1ccc(Oc2nnc(Cl)s2)cc1. The third kappa shape index (κ3) is 3.38. The highest BCUT2D eigenvalue weighted by molar-refractivity contribution is 7.17. The molecule has 126 valence electrons. The molecular weight excluding hydrogens is 348 g/mol. The first kappa shape index (κ1) is 15.8. The Morgan fingerprint density at radius 3 is 2.58 bits per heavy atom. The number of carbonyl (C=O) groups excluding carboxylic acids is 1. The first-order valence-electron chi connectivity index (χ1n) is 7.97. The highest BCUT2D eigenvalue weighted by atomic mass is 35.5. The van der Waals surface area contributed by atoms with Crippen LogP contribution in [-0.4, -0.2) is 46.7 Å². The average molecular weight is 365 g/mol. The molecule has 3 aliphatic heterocycles. The topological polar surface area (TPSA) is 67.4 Å². The van der Waals surface area contributed by atoms with Gasteiger partial charge in [-0.1, -0.05) is 5.10 Å². The maximum absolute atomic E-state index is 12.5. The molecule has 1 unspecified atom stereocenters. The smallest absolute Gasteiger partial charge is 0.300 e. The number of rotatable bonds is 4. The molecule has 2 aromatic rings. The fourth-order valence-corrected chi connectivity index (χ4v) is 4.07. The molecule has 0 saturated carbocycles. The number of hydrogen-bond acceptors (Lipinski definition) is 6. The summed E-state index contributed by atoms with van der Waals surface area (Å²) in [7, 11) is 0. The van der Waals surface area contributed by atoms with Crippen LogP contribution in [0.5, 0.6) is 10.9 Å². The summed E-state index contributed by atoms with van der Waals surface area (Å²) in [5.41, 5.74) is 0.633. The molecule has 3 saturated heterocycles. The van der Waals surface area contributed by atoms with Crippen LogP contribution in [-0.2, 0) is 0 Å². The Kier molecular flexibility index (Phi) is 4.39. The maximum Gasteiger partial charge on any atom is 0.300 e. The number of nitrogens with zero attached hydrogens (tertiary/aromatic N) is 3. The van der Waals surface area contributed by atoms with Gasteiger partial charge in [-0.15, -0.1) is 5.10 Å². The van der Waals surface area contributed by atoms with Crippen molar-refractivity contribution in [1.29, 1.82) is 0 Å². The Bertz CT molecular complexity index is 728. The maximum atomic E-state index is 12.5. The zero-order valence-corrected chi connectivity index (χ0v) is 14.5. The summed E-state index contributed by atoms with van der Waals surface area (Å²) in [5.74, 6) is 1.19. The van der Waals surface area contributed by atoms with Gasteiger partial charge in [-0.25, -0.2) is 0 Å². The number of carbonyl (C=O) groups is 1. The lowest BCUT2D eigenvalue weighted by Crippen LogP contribution is -2.57. The van der Waals surface area contributed by atoms with Gasteiger partial charge in [0.2, 0.25) is 4.47 Å². The average Bonchev–Trinajstić information content (AvgIpc) is 3.01. The number of fused-ring (bicyclic) bond motifs is 3. The standard InChI is InChI=1S/C16H17ClN4O2S/c17-15-19-20-16(24-15)23-12-3-1-11(2-4-12)14(22)18-13-9-21-7-5-10(13)6-8-21/h1-4,10,13H,5-9H2,(H,18,22). The van der Waals surface area contributed by atoms with Crippen molar-refractivity contribution < 1.29 is 9.53 Å². The second-order valence-corrected chi connectivity index (χ2v) is 7.69. The molecule has 4 heterocycles. The van der Waals surface area contributed by atoms with E-state index < -0.39 is 0 Å². The predicted octanol–water partition coefficient (Wildman–Crippen LogP) is 2.81. The summed E-state index contributed by atoms with van der Waals surface area (Å²) in [6.07, 6.45) is 2.37. The minimum absolute atomic E-state index is 0.0285. The van der Waals surface area contributed by atoms with Crippen molar-refractivity contribution in [3.63, 3.8) is 0 Å². The van der Waals surface area contributed by atoms with Crippen molar-refractivity contribution in [2.24, 2.45) is 5.92 Å². The molecule has 1 amide bonds. The number of halogens is 1. The summed E-state index contributed by atoms with van der Waals surface area (Å²) in [5, 5.41) is 11.0. The third-order valence-corrected chi connectivity index (χ3v) is 5.57. The molecule has 1 N–H and O–H groups in total. The van der Waals surface area contributed by atoms with E-state index in [0.717, 1.165) is 17.9 Å². The Hall–Kier alpha value is -1.70. The second kappa shape index (κ2) is 6.66. The Morgan fingerprint density at radius 2 is 2.00 bits per heavy atom. The Balaban J connectivity index is 1.38. The second-order valence-electron chi connectivity index (χ2n) is 6.17. The van der Waals surface area contributed by atoms with Gasteiger partial charge >= 0.3 is 5.19 Å². The van der Waals surface area contributed by atoms with Crippen LogP contribution in [0.2, 0.25) is 4.47 Å². The number of ether oxygens (including phenoxy) is 1. The molecule has 1 atom stereocenters. The van der Waals surface area contributed by atoms with Crippen LogP contribution in [0.25, 0.3) is 0 Å². The lowest BCUT2D eigenvalue weighted by Gasteiger charge is -2.44. The van der Waals surface area contributed by atoms with E-state index in [0.29, 0.717) is 26.9 Å². The zero-order chi connectivity index (χ0) is 16.5. The van der Waals surface area contributed by atoms with Gasteiger partial charge < -0.3 is 15.0 Å². The van der Waals surface area contributed by atoms with Gasteiger partial charge in [0.15, 0.2) is 0 Å². The van der Waals surface area contributed by atoms with Crippen molar-refractivity contribution >= 4 is 28.8 Å². The molecule has 3 fully saturated rings. The van der Waals surface area contributed by atoms with Crippen LogP contribution < -0.4 is 10.1 Å². The predicted molar refractivity (Wildman–Crippen MR) is 91.9 cm³/mol. The number of benzene rings is 1. The summed E-state index contributed by atoms with van der Waals surface area (Å²) < 4.78 is 5.88. The van der Waals surface area contributed by atoms with E-state index in [-0.39, 0.29) is 11.9 Å². The fraction of sp³-hybridized carbons (Fsp3) is 0.438. The molecule has 5 rings (SSSR count). The number of aromatic nitrogens is 2. The lowest BCUT2D eigenvalue weighted by molar-refractivity contribution is 0.0620. The van der Waals surface area contributed by atoms with Gasteiger partial charge in [-0.05, 0) is 79.1 Å². The van der Waals surface area contributed by atoms with E-state index in [1.807, 2.05) is 0 Å². The highest BCUT2D eigenvalue weighted by Crippen LogP contribution is 2.29. The zero-order valence-electron chi connectivity index (χ0n) is 12.9. The van der Waals surface area contributed by atoms with E-state index >= 15 is 0 Å². The van der Waals surface area contributed by atoms with E-state index in [1.54, 1.807) is 24.3 Å². The largest absolute Gasteiger partial charge is 0.430 e. The van der Waals surface area contributed by atoms with E-state index in [2.05, 4.69) is 20.4 Å². The van der Waals surface area contributed by atoms with E-state index in [9.17, 15) is 4.79 Å². The van der Waals surface area contributed by atoms with Gasteiger partial charge in [0, 0.05) is 18.2 Å². The Labute approximate surface area is 148 Å². The molecule has 6 nitrogen and oxygen atoms in total. The van der Waals surface area contributed by atoms with Gasteiger partial charge in [-0.3, -0.25) is 4.79 Å². The number of amides is 1. The van der Waals surface area contributed by atoms with Gasteiger partial charge in [-0.2, -0.15) is 0 Å². The number of piperidine rings is 3. The van der Waals surface area contributed by atoms with Gasteiger partial charge in [0.1, 0.15) is 5.75 Å². The van der Waals surface area contributed by atoms with Crippen LogP contribution in [0.3, 0.4) is 0 Å². The van der Waals surface area contributed by atoms with Crippen molar-refractivity contribution in [2.75, 3.05) is 19.6 Å². The van der Waals surface area contributed by atoms with Gasteiger partial charge in [0.05, 0.1) is 0 Å². The summed E-state index contributed by atoms with van der Waals surface area (Å²) >= 11 is 6.88. The molecule has 8 heteroatoms. The first-order chi connectivity index (χ1) is 11.7. The summed E-state index contributed by atoms with van der Waals surface area (Å²) in [6.45, 7) is 3.30. The number of hydrogen-bond donors (Lipinski definition) is 1. The summed E-state index contributed by atoms with van der Waals surface area (Å²) in [6, 6.07) is 7.28. The van der Waals surface area contributed by atoms with E-state index in [1.165, 1.54) is 25.9 Å². The first-order valence-corrected chi connectivity index (χ1v) is 9.17. The minimum Gasteiger partial charge on any atom is -0.430 e. The van der Waals surface area contributed by atoms with Crippen molar-refractivity contribution in [3.8, 4) is 10.9 Å². The van der Waals surface area contributed by atoms with Crippen molar-refractivity contribution in [3.05, 3.63) is 34.3 Å². The van der Waals surface area contributed by atoms with Crippen LogP contribution >= 0.6 is 22.9 Å². The number of nitrogens with one attached hydrogen (secondary N) is 1. The summed E-state index contributed by atoms with van der Waals surface area (Å²) in [4.78, 5) is 14.9. The highest BCUT2D eigenvalue weighted by Gasteiger charge is 2.34. The fourth-order valence-electron chi connectivity index (χ4n) is 3.39. The normalized spacial score (nSPS) is 25.5. The molecule has 1 aromatic carbocycles. The third-order valence-electron chi connectivity index (χ3n) is 4.68. The molecule has 1 aromatic heterocycles. The van der Waals surface area contributed by atoms with Crippen LogP contribution in [0, 0.1) is 5.92 Å². The Morgan fingerprint density at radius 1 is 1.25 bits per heavy atom. The molecule has 24 heavy (non-hydrogen) atoms. The molecule has 2 bridgehead atoms. The molecular formula is C16H17ClN4O2S. The molecule has 0 aliphatic carbocycles. The van der Waals surface area contributed by atoms with Crippen molar-refractivity contribution in [2.45, 2.75) is 18.9 Å². The van der Waals surface area contributed by atoms with Gasteiger partial charge in [0.25, 0.3) is 5.91 Å². The molecule has 0 radical (unpaired) electrons. The molecule has 0 spiro atoms.